The van der Waals surface area contributed by atoms with Crippen molar-refractivity contribution in [3.63, 3.8) is 0 Å². The molecule has 0 bridgehead atoms. The Bertz CT molecular complexity index is 1190. The summed E-state index contributed by atoms with van der Waals surface area (Å²) in [6.07, 6.45) is -0.971. The van der Waals surface area contributed by atoms with Gasteiger partial charge in [0.25, 0.3) is 5.91 Å². The zero-order chi connectivity index (χ0) is 23.0. The number of nitrogens with one attached hydrogen (secondary N) is 1. The zero-order valence-corrected chi connectivity index (χ0v) is 18.5. The summed E-state index contributed by atoms with van der Waals surface area (Å²) >= 11 is 5.81. The number of sulfonamides is 1. The number of hydroxylamine groups is 2. The lowest BCUT2D eigenvalue weighted by Crippen LogP contribution is -2.38. The normalized spacial score (nSPS) is 23.4. The largest absolute Gasteiger partial charge is 0.284 e. The summed E-state index contributed by atoms with van der Waals surface area (Å²) in [5.41, 5.74) is 1.14. The molecular weight excluding hydrogens is 456 g/mol. The Balaban J connectivity index is 1.54. The number of imide groups is 1. The SMILES string of the molecule is CN1C(=O)[C@@H]2ON(CCNS(=O)(=O)c3ccc(Cl)cc3)C(c3ccc(C#N)cc3)[C@@H]2C1=O. The van der Waals surface area contributed by atoms with Gasteiger partial charge in [-0.2, -0.15) is 10.3 Å². The van der Waals surface area contributed by atoms with Gasteiger partial charge in [0.2, 0.25) is 15.9 Å². The van der Waals surface area contributed by atoms with Crippen LogP contribution in [0.2, 0.25) is 5.02 Å². The molecule has 0 radical (unpaired) electrons. The molecule has 4 rings (SSSR count). The number of fused-ring (bicyclic) bond motifs is 1. The highest BCUT2D eigenvalue weighted by molar-refractivity contribution is 7.89. The van der Waals surface area contributed by atoms with Crippen LogP contribution in [0.25, 0.3) is 0 Å². The maximum atomic E-state index is 12.7. The van der Waals surface area contributed by atoms with E-state index in [0.29, 0.717) is 16.1 Å². The van der Waals surface area contributed by atoms with Crippen molar-refractivity contribution in [2.45, 2.75) is 17.0 Å². The molecule has 0 spiro atoms. The van der Waals surface area contributed by atoms with E-state index in [1.165, 1.54) is 36.4 Å². The monoisotopic (exact) mass is 474 g/mol. The number of benzene rings is 2. The van der Waals surface area contributed by atoms with Crippen LogP contribution >= 0.6 is 11.6 Å². The third-order valence-electron chi connectivity index (χ3n) is 5.54. The predicted molar refractivity (Wildman–Crippen MR) is 113 cm³/mol. The van der Waals surface area contributed by atoms with Crippen molar-refractivity contribution in [2.75, 3.05) is 20.1 Å². The zero-order valence-electron chi connectivity index (χ0n) is 16.9. The van der Waals surface area contributed by atoms with Crippen molar-refractivity contribution in [3.05, 3.63) is 64.7 Å². The molecule has 2 aromatic carbocycles. The van der Waals surface area contributed by atoms with Gasteiger partial charge in [0.05, 0.1) is 28.5 Å². The molecule has 2 saturated heterocycles. The second kappa shape index (κ2) is 8.61. The van der Waals surface area contributed by atoms with Crippen molar-refractivity contribution >= 4 is 33.4 Å². The number of carbonyl (C=O) groups is 2. The molecule has 1 N–H and O–H groups in total. The van der Waals surface area contributed by atoms with Gasteiger partial charge in [-0.3, -0.25) is 19.3 Å². The summed E-state index contributed by atoms with van der Waals surface area (Å²) in [4.78, 5) is 32.1. The number of likely N-dealkylation sites (N-methyl/N-ethyl adjacent to an activating group) is 1. The van der Waals surface area contributed by atoms with E-state index in [9.17, 15) is 18.0 Å². The Morgan fingerprint density at radius 3 is 2.38 bits per heavy atom. The van der Waals surface area contributed by atoms with E-state index in [1.807, 2.05) is 6.07 Å². The standard InChI is InChI=1S/C21H19ClN4O5S/c1-25-20(27)17-18(14-4-2-13(12-23)3-5-14)26(31-19(17)21(25)28)11-10-24-32(29,30)16-8-6-15(22)7-9-16/h2-9,17-19,24H,10-11H2,1H3/t17-,18?,19+/m0/s1. The summed E-state index contributed by atoms with van der Waals surface area (Å²) < 4.78 is 27.5. The minimum atomic E-state index is -3.78. The molecule has 2 amide bonds. The lowest BCUT2D eigenvalue weighted by Gasteiger charge is -2.26. The summed E-state index contributed by atoms with van der Waals surface area (Å²) in [6.45, 7) is 0.0736. The molecule has 3 atom stereocenters. The highest BCUT2D eigenvalue weighted by Gasteiger charge is 2.58. The summed E-state index contributed by atoms with van der Waals surface area (Å²) in [7, 11) is -2.37. The third-order valence-corrected chi connectivity index (χ3v) is 7.27. The molecule has 2 fully saturated rings. The molecule has 166 valence electrons. The van der Waals surface area contributed by atoms with Gasteiger partial charge >= 0.3 is 0 Å². The van der Waals surface area contributed by atoms with E-state index in [0.717, 1.165) is 4.90 Å². The first kappa shape index (κ1) is 22.4. The van der Waals surface area contributed by atoms with Gasteiger partial charge in [-0.1, -0.05) is 23.7 Å². The average molecular weight is 475 g/mol. The molecule has 1 unspecified atom stereocenters. The lowest BCUT2D eigenvalue weighted by atomic mass is 9.90. The lowest BCUT2D eigenvalue weighted by molar-refractivity contribution is -0.177. The second-order valence-corrected chi connectivity index (χ2v) is 9.66. The van der Waals surface area contributed by atoms with Gasteiger partial charge in [-0.25, -0.2) is 13.1 Å². The number of amides is 2. The number of rotatable bonds is 6. The van der Waals surface area contributed by atoms with Gasteiger partial charge < -0.3 is 0 Å². The minimum absolute atomic E-state index is 0.0185. The molecule has 0 aromatic heterocycles. The number of nitrogens with zero attached hydrogens (tertiary/aromatic N) is 3. The topological polar surface area (TPSA) is 120 Å². The number of halogens is 1. The smallest absolute Gasteiger partial charge is 0.261 e. The van der Waals surface area contributed by atoms with Crippen LogP contribution in [0.1, 0.15) is 17.2 Å². The molecule has 2 heterocycles. The average Bonchev–Trinajstić information content (AvgIpc) is 3.25. The van der Waals surface area contributed by atoms with Crippen LogP contribution in [-0.4, -0.2) is 56.4 Å². The molecule has 2 aliphatic heterocycles. The van der Waals surface area contributed by atoms with Crippen LogP contribution in [-0.2, 0) is 24.4 Å². The summed E-state index contributed by atoms with van der Waals surface area (Å²) in [5.74, 6) is -1.56. The van der Waals surface area contributed by atoms with Crippen LogP contribution < -0.4 is 4.72 Å². The number of nitriles is 1. The van der Waals surface area contributed by atoms with Crippen LogP contribution in [0.3, 0.4) is 0 Å². The summed E-state index contributed by atoms with van der Waals surface area (Å²) in [6, 6.07) is 13.8. The van der Waals surface area contributed by atoms with Crippen molar-refractivity contribution in [3.8, 4) is 6.07 Å². The third kappa shape index (κ3) is 4.01. The Hall–Kier alpha value is -2.81. The van der Waals surface area contributed by atoms with Crippen molar-refractivity contribution in [1.29, 1.82) is 5.26 Å². The van der Waals surface area contributed by atoms with E-state index in [2.05, 4.69) is 4.72 Å². The van der Waals surface area contributed by atoms with E-state index in [1.54, 1.807) is 24.3 Å². The maximum absolute atomic E-state index is 12.7. The molecule has 32 heavy (non-hydrogen) atoms. The fourth-order valence-electron chi connectivity index (χ4n) is 3.92. The van der Waals surface area contributed by atoms with Gasteiger partial charge in [0.15, 0.2) is 6.10 Å². The number of hydrogen-bond acceptors (Lipinski definition) is 7. The van der Waals surface area contributed by atoms with Crippen LogP contribution in [0.15, 0.2) is 53.4 Å². The molecule has 0 aliphatic carbocycles. The first-order valence-electron chi connectivity index (χ1n) is 9.73. The molecule has 2 aliphatic rings. The fourth-order valence-corrected chi connectivity index (χ4v) is 5.06. The fraction of sp³-hybridized carbons (Fsp3) is 0.286. The number of hydrogen-bond donors (Lipinski definition) is 1. The number of carbonyl (C=O) groups excluding carboxylic acids is 2. The van der Waals surface area contributed by atoms with Crippen molar-refractivity contribution in [2.24, 2.45) is 5.92 Å². The molecule has 11 heteroatoms. The Labute approximate surface area is 190 Å². The Morgan fingerprint density at radius 2 is 1.75 bits per heavy atom. The first-order chi connectivity index (χ1) is 15.2. The second-order valence-electron chi connectivity index (χ2n) is 7.46. The Morgan fingerprint density at radius 1 is 1.09 bits per heavy atom. The quantitative estimate of drug-likeness (QED) is 0.629. The minimum Gasteiger partial charge on any atom is -0.284 e. The van der Waals surface area contributed by atoms with Gasteiger partial charge in [0, 0.05) is 25.2 Å². The van der Waals surface area contributed by atoms with E-state index in [-0.39, 0.29) is 23.9 Å². The van der Waals surface area contributed by atoms with E-state index in [4.69, 9.17) is 21.7 Å². The molecule has 9 nitrogen and oxygen atoms in total. The molecular formula is C21H19ClN4O5S. The van der Waals surface area contributed by atoms with Crippen LogP contribution in [0, 0.1) is 17.2 Å². The molecule has 2 aromatic rings. The number of likely N-dealkylation sites (tertiary alicyclic amines) is 1. The van der Waals surface area contributed by atoms with Gasteiger partial charge in [-0.15, -0.1) is 0 Å². The van der Waals surface area contributed by atoms with Crippen molar-refractivity contribution in [1.82, 2.24) is 14.7 Å². The highest BCUT2D eigenvalue weighted by Crippen LogP contribution is 2.43. The van der Waals surface area contributed by atoms with Gasteiger partial charge in [0.1, 0.15) is 0 Å². The van der Waals surface area contributed by atoms with Gasteiger partial charge in [-0.05, 0) is 42.0 Å². The van der Waals surface area contributed by atoms with Crippen LogP contribution in [0.4, 0.5) is 0 Å². The Kier molecular flexibility index (Phi) is 6.03. The highest BCUT2D eigenvalue weighted by atomic mass is 35.5. The van der Waals surface area contributed by atoms with Crippen molar-refractivity contribution < 1.29 is 22.8 Å². The predicted octanol–water partition coefficient (Wildman–Crippen LogP) is 1.46. The van der Waals surface area contributed by atoms with E-state index < -0.39 is 34.0 Å². The first-order valence-corrected chi connectivity index (χ1v) is 11.6. The maximum Gasteiger partial charge on any atom is 0.261 e. The summed E-state index contributed by atoms with van der Waals surface area (Å²) in [5, 5.41) is 10.9. The molecule has 0 saturated carbocycles. The van der Waals surface area contributed by atoms with E-state index >= 15 is 0 Å². The van der Waals surface area contributed by atoms with Crippen LogP contribution in [0.5, 0.6) is 0 Å².